The second-order valence-electron chi connectivity index (χ2n) is 8.03. The summed E-state index contributed by atoms with van der Waals surface area (Å²) < 4.78 is 12.2. The lowest BCUT2D eigenvalue weighted by molar-refractivity contribution is -0.121. The molecule has 2 aliphatic rings. The number of hydrogen-bond donors (Lipinski definition) is 1. The van der Waals surface area contributed by atoms with Gasteiger partial charge in [-0.05, 0) is 42.2 Å². The topological polar surface area (TPSA) is 85.7 Å². The Labute approximate surface area is 185 Å². The summed E-state index contributed by atoms with van der Waals surface area (Å²) in [7, 11) is 0. The van der Waals surface area contributed by atoms with Gasteiger partial charge in [0, 0.05) is 31.4 Å². The third-order valence-corrected chi connectivity index (χ3v) is 5.76. The van der Waals surface area contributed by atoms with Gasteiger partial charge < -0.3 is 19.7 Å². The highest BCUT2D eigenvalue weighted by Crippen LogP contribution is 2.32. The van der Waals surface area contributed by atoms with Gasteiger partial charge in [0.2, 0.25) is 18.6 Å². The van der Waals surface area contributed by atoms with Crippen LogP contribution in [0, 0.1) is 6.92 Å². The molecule has 164 valence electrons. The summed E-state index contributed by atoms with van der Waals surface area (Å²) in [6, 6.07) is 15.3. The highest BCUT2D eigenvalue weighted by Gasteiger charge is 2.22. The number of carbonyl (C=O) groups is 1. The van der Waals surface area contributed by atoms with E-state index in [-0.39, 0.29) is 24.8 Å². The number of fused-ring (bicyclic) bond motifs is 2. The second-order valence-corrected chi connectivity index (χ2v) is 8.03. The van der Waals surface area contributed by atoms with Crippen molar-refractivity contribution in [2.24, 2.45) is 0 Å². The Bertz CT molecular complexity index is 1240. The highest BCUT2D eigenvalue weighted by molar-refractivity contribution is 5.76. The number of benzene rings is 2. The van der Waals surface area contributed by atoms with Crippen molar-refractivity contribution in [2.75, 3.05) is 18.2 Å². The van der Waals surface area contributed by atoms with Gasteiger partial charge in [0.25, 0.3) is 5.56 Å². The molecule has 3 heterocycles. The minimum Gasteiger partial charge on any atom is -0.454 e. The van der Waals surface area contributed by atoms with Crippen molar-refractivity contribution in [2.45, 2.75) is 33.0 Å². The van der Waals surface area contributed by atoms with E-state index >= 15 is 0 Å². The molecule has 0 atom stereocenters. The van der Waals surface area contributed by atoms with E-state index in [1.54, 1.807) is 6.92 Å². The number of nitrogens with zero attached hydrogens (tertiary/aromatic N) is 3. The summed E-state index contributed by atoms with van der Waals surface area (Å²) >= 11 is 0. The number of ether oxygens (including phenoxy) is 2. The molecule has 0 radical (unpaired) electrons. The smallest absolute Gasteiger partial charge is 0.255 e. The highest BCUT2D eigenvalue weighted by atomic mass is 16.7. The molecule has 0 aliphatic carbocycles. The molecule has 0 spiro atoms. The fourth-order valence-electron chi connectivity index (χ4n) is 4.11. The number of carbonyl (C=O) groups excluding carboxylic acids is 1. The maximum absolute atomic E-state index is 12.8. The average Bonchev–Trinajstić information content (AvgIpc) is 3.27. The first-order chi connectivity index (χ1) is 15.6. The van der Waals surface area contributed by atoms with Gasteiger partial charge in [-0.3, -0.25) is 14.2 Å². The van der Waals surface area contributed by atoms with Crippen molar-refractivity contribution in [1.29, 1.82) is 0 Å². The van der Waals surface area contributed by atoms with Gasteiger partial charge in [-0.15, -0.1) is 0 Å². The normalized spacial score (nSPS) is 14.2. The molecule has 1 N–H and O–H groups in total. The number of aryl methyl sites for hydroxylation is 1. The van der Waals surface area contributed by atoms with E-state index in [0.29, 0.717) is 36.2 Å². The first kappa shape index (κ1) is 20.1. The van der Waals surface area contributed by atoms with Crippen molar-refractivity contribution in [3.63, 3.8) is 0 Å². The van der Waals surface area contributed by atoms with Crippen LogP contribution in [0.1, 0.15) is 22.4 Å². The standard InChI is InChI=1S/C24H24N4O4/c1-16-10-23(30)28(24(26-16)27-9-8-18-4-2-3-5-19(18)13-27)14-22(29)25-12-17-6-7-20-21(11-17)32-15-31-20/h2-7,10-11H,8-9,12-15H2,1H3,(H,25,29). The van der Waals surface area contributed by atoms with Crippen LogP contribution in [0.4, 0.5) is 5.95 Å². The Balaban J connectivity index is 1.32. The predicted octanol–water partition coefficient (Wildman–Crippen LogP) is 2.16. The molecule has 0 saturated carbocycles. The van der Waals surface area contributed by atoms with Crippen LogP contribution >= 0.6 is 0 Å². The van der Waals surface area contributed by atoms with Crippen LogP contribution in [0.5, 0.6) is 11.5 Å². The van der Waals surface area contributed by atoms with E-state index < -0.39 is 0 Å². The van der Waals surface area contributed by atoms with Crippen molar-refractivity contribution in [1.82, 2.24) is 14.9 Å². The van der Waals surface area contributed by atoms with Crippen molar-refractivity contribution in [3.05, 3.63) is 81.3 Å². The van der Waals surface area contributed by atoms with Gasteiger partial charge in [-0.2, -0.15) is 0 Å². The Morgan fingerprint density at radius 1 is 1.09 bits per heavy atom. The zero-order valence-electron chi connectivity index (χ0n) is 17.8. The quantitative estimate of drug-likeness (QED) is 0.665. The van der Waals surface area contributed by atoms with Gasteiger partial charge in [0.05, 0.1) is 0 Å². The van der Waals surface area contributed by atoms with Gasteiger partial charge >= 0.3 is 0 Å². The summed E-state index contributed by atoms with van der Waals surface area (Å²) in [4.78, 5) is 32.2. The van der Waals surface area contributed by atoms with Crippen LogP contribution in [-0.2, 0) is 30.8 Å². The third kappa shape index (κ3) is 4.03. The fraction of sp³-hybridized carbons (Fsp3) is 0.292. The Morgan fingerprint density at radius 3 is 2.78 bits per heavy atom. The Kier molecular flexibility index (Phi) is 5.26. The fourth-order valence-corrected chi connectivity index (χ4v) is 4.11. The molecular formula is C24H24N4O4. The lowest BCUT2D eigenvalue weighted by Crippen LogP contribution is -2.39. The van der Waals surface area contributed by atoms with Crippen molar-refractivity contribution < 1.29 is 14.3 Å². The molecule has 32 heavy (non-hydrogen) atoms. The molecule has 0 saturated heterocycles. The molecule has 1 amide bonds. The molecule has 2 aliphatic heterocycles. The minimum absolute atomic E-state index is 0.0931. The molecular weight excluding hydrogens is 408 g/mol. The van der Waals surface area contributed by atoms with E-state index in [1.165, 1.54) is 21.8 Å². The Hall–Kier alpha value is -3.81. The maximum atomic E-state index is 12.8. The lowest BCUT2D eigenvalue weighted by Gasteiger charge is -2.31. The predicted molar refractivity (Wildman–Crippen MR) is 119 cm³/mol. The van der Waals surface area contributed by atoms with Crippen molar-refractivity contribution >= 4 is 11.9 Å². The molecule has 8 nitrogen and oxygen atoms in total. The number of anilines is 1. The summed E-state index contributed by atoms with van der Waals surface area (Å²) in [6.07, 6.45) is 0.871. The molecule has 5 rings (SSSR count). The van der Waals surface area contributed by atoms with Gasteiger partial charge in [-0.25, -0.2) is 4.98 Å². The van der Waals surface area contributed by atoms with Crippen LogP contribution in [0.15, 0.2) is 53.3 Å². The molecule has 0 unspecified atom stereocenters. The molecule has 3 aromatic rings. The zero-order valence-corrected chi connectivity index (χ0v) is 17.8. The van der Waals surface area contributed by atoms with Gasteiger partial charge in [0.1, 0.15) is 6.54 Å². The molecule has 1 aromatic heterocycles. The SMILES string of the molecule is Cc1cc(=O)n(CC(=O)NCc2ccc3c(c2)OCO3)c(N2CCc3ccccc3C2)n1. The average molecular weight is 432 g/mol. The Morgan fingerprint density at radius 2 is 1.91 bits per heavy atom. The molecule has 8 heteroatoms. The number of aromatic nitrogens is 2. The molecule has 2 aromatic carbocycles. The summed E-state index contributed by atoms with van der Waals surface area (Å²) in [5, 5.41) is 2.88. The summed E-state index contributed by atoms with van der Waals surface area (Å²) in [5.41, 5.74) is 3.83. The number of nitrogens with one attached hydrogen (secondary N) is 1. The van der Waals surface area contributed by atoms with Gasteiger partial charge in [0.15, 0.2) is 11.5 Å². The largest absolute Gasteiger partial charge is 0.454 e. The van der Waals surface area contributed by atoms with Crippen LogP contribution in [0.2, 0.25) is 0 Å². The van der Waals surface area contributed by atoms with E-state index in [1.807, 2.05) is 30.3 Å². The number of hydrogen-bond acceptors (Lipinski definition) is 6. The zero-order chi connectivity index (χ0) is 22.1. The first-order valence-corrected chi connectivity index (χ1v) is 10.6. The van der Waals surface area contributed by atoms with Crippen molar-refractivity contribution in [3.8, 4) is 11.5 Å². The van der Waals surface area contributed by atoms with E-state index in [4.69, 9.17) is 9.47 Å². The third-order valence-electron chi connectivity index (χ3n) is 5.76. The minimum atomic E-state index is -0.255. The first-order valence-electron chi connectivity index (χ1n) is 10.6. The molecule has 0 bridgehead atoms. The number of amides is 1. The van der Waals surface area contributed by atoms with Crippen LogP contribution in [0.25, 0.3) is 0 Å². The van der Waals surface area contributed by atoms with E-state index in [2.05, 4.69) is 27.3 Å². The van der Waals surface area contributed by atoms with Gasteiger partial charge in [-0.1, -0.05) is 30.3 Å². The van der Waals surface area contributed by atoms with Crippen LogP contribution in [0.3, 0.4) is 0 Å². The number of rotatable bonds is 5. The van der Waals surface area contributed by atoms with Crippen LogP contribution in [-0.4, -0.2) is 28.8 Å². The maximum Gasteiger partial charge on any atom is 0.255 e. The van der Waals surface area contributed by atoms with E-state index in [0.717, 1.165) is 18.5 Å². The second kappa shape index (κ2) is 8.37. The van der Waals surface area contributed by atoms with E-state index in [9.17, 15) is 9.59 Å². The monoisotopic (exact) mass is 432 g/mol. The lowest BCUT2D eigenvalue weighted by atomic mass is 10.0. The summed E-state index contributed by atoms with van der Waals surface area (Å²) in [6.45, 7) is 3.64. The van der Waals surface area contributed by atoms with Crippen LogP contribution < -0.4 is 25.2 Å². The summed E-state index contributed by atoms with van der Waals surface area (Å²) in [5.74, 6) is 1.64. The molecule has 0 fully saturated rings.